The number of para-hydroxylation sites is 1. The minimum absolute atomic E-state index is 0.173. The largest absolute Gasteiger partial charge is 0.507 e. The molecule has 2 aromatic rings. The van der Waals surface area contributed by atoms with Crippen LogP contribution in [0.2, 0.25) is 0 Å². The Morgan fingerprint density at radius 3 is 2.48 bits per heavy atom. The third kappa shape index (κ3) is 3.40. The van der Waals surface area contributed by atoms with E-state index >= 15 is 0 Å². The van der Waals surface area contributed by atoms with E-state index in [4.69, 9.17) is 9.98 Å². The number of fused-ring (bicyclic) bond motifs is 1. The van der Waals surface area contributed by atoms with Gasteiger partial charge in [-0.15, -0.1) is 0 Å². The van der Waals surface area contributed by atoms with E-state index < -0.39 is 16.2 Å². The molecule has 150 valence electrons. The van der Waals surface area contributed by atoms with Gasteiger partial charge in [0.1, 0.15) is 11.6 Å². The molecule has 0 bridgehead atoms. The predicted octanol–water partition coefficient (Wildman–Crippen LogP) is 2.87. The van der Waals surface area contributed by atoms with Crippen molar-refractivity contribution in [1.29, 1.82) is 0 Å². The normalized spacial score (nSPS) is 18.6. The lowest BCUT2D eigenvalue weighted by molar-refractivity contribution is 0.472. The fourth-order valence-corrected chi connectivity index (χ4v) is 4.33. The van der Waals surface area contributed by atoms with Gasteiger partial charge in [0.2, 0.25) is 10.0 Å². The number of aryl methyl sites for hydroxylation is 1. The van der Waals surface area contributed by atoms with Gasteiger partial charge in [-0.3, -0.25) is 9.71 Å². The van der Waals surface area contributed by atoms with Gasteiger partial charge in [0.25, 0.3) is 0 Å². The van der Waals surface area contributed by atoms with Crippen LogP contribution in [0.5, 0.6) is 5.75 Å². The van der Waals surface area contributed by atoms with Crippen molar-refractivity contribution in [2.75, 3.05) is 18.0 Å². The molecule has 1 unspecified atom stereocenters. The van der Waals surface area contributed by atoms with Gasteiger partial charge >= 0.3 is 0 Å². The molecule has 0 aromatic heterocycles. The van der Waals surface area contributed by atoms with Gasteiger partial charge in [0, 0.05) is 12.6 Å². The zero-order valence-electron chi connectivity index (χ0n) is 16.6. The molecule has 0 spiro atoms. The molecule has 2 aliphatic heterocycles. The first-order valence-electron chi connectivity index (χ1n) is 9.13. The molecule has 2 heterocycles. The van der Waals surface area contributed by atoms with E-state index in [-0.39, 0.29) is 5.75 Å². The van der Waals surface area contributed by atoms with Gasteiger partial charge in [-0.2, -0.15) is 0 Å². The zero-order valence-corrected chi connectivity index (χ0v) is 17.4. The first kappa shape index (κ1) is 19.2. The molecule has 1 atom stereocenters. The summed E-state index contributed by atoms with van der Waals surface area (Å²) in [5, 5.41) is 10.3. The van der Waals surface area contributed by atoms with Gasteiger partial charge in [-0.25, -0.2) is 13.4 Å². The first-order chi connectivity index (χ1) is 13.7. The number of anilines is 1. The van der Waals surface area contributed by atoms with Crippen LogP contribution in [0.4, 0.5) is 5.69 Å². The Bertz CT molecular complexity index is 1210. The van der Waals surface area contributed by atoms with Crippen molar-refractivity contribution in [2.45, 2.75) is 20.0 Å². The highest BCUT2D eigenvalue weighted by Gasteiger charge is 2.37. The Morgan fingerprint density at radius 2 is 1.79 bits per heavy atom. The van der Waals surface area contributed by atoms with Crippen LogP contribution in [-0.4, -0.2) is 49.4 Å². The number of nitrogens with zero attached hydrogens (tertiary/aromatic N) is 3. The molecular weight excluding hydrogens is 388 g/mol. The third-order valence-corrected chi connectivity index (χ3v) is 5.62. The smallest absolute Gasteiger partial charge is 0.229 e. The summed E-state index contributed by atoms with van der Waals surface area (Å²) >= 11 is 0. The Labute approximate surface area is 170 Å². The number of sulfonamides is 1. The van der Waals surface area contributed by atoms with E-state index in [1.54, 1.807) is 18.2 Å². The third-order valence-electron chi connectivity index (χ3n) is 5.03. The van der Waals surface area contributed by atoms with Crippen LogP contribution in [0.3, 0.4) is 0 Å². The lowest BCUT2D eigenvalue weighted by atomic mass is 10.0. The van der Waals surface area contributed by atoms with E-state index in [0.29, 0.717) is 28.4 Å². The SMILES string of the molecule is CC1=C2C(N=C1c1ccccc1NS(C)(=O)=O)N=C(c1cc(C)ccc1O)N2C. The molecule has 2 aliphatic rings. The maximum Gasteiger partial charge on any atom is 0.229 e. The fraction of sp³-hybridized carbons (Fsp3) is 0.238. The molecule has 0 amide bonds. The van der Waals surface area contributed by atoms with E-state index in [1.165, 1.54) is 0 Å². The Balaban J connectivity index is 1.77. The van der Waals surface area contributed by atoms with Crippen LogP contribution in [0.25, 0.3) is 0 Å². The number of phenols is 1. The summed E-state index contributed by atoms with van der Waals surface area (Å²) in [5.74, 6) is 0.835. The molecule has 0 saturated heterocycles. The minimum atomic E-state index is -3.42. The van der Waals surface area contributed by atoms with Crippen LogP contribution < -0.4 is 4.72 Å². The molecule has 4 rings (SSSR count). The van der Waals surface area contributed by atoms with Crippen molar-refractivity contribution >= 4 is 27.3 Å². The van der Waals surface area contributed by atoms with Crippen molar-refractivity contribution in [3.05, 3.63) is 70.4 Å². The number of hydrogen-bond acceptors (Lipinski definition) is 6. The molecular formula is C21H22N4O3S. The zero-order chi connectivity index (χ0) is 20.9. The second kappa shape index (κ2) is 6.73. The maximum atomic E-state index is 11.7. The van der Waals surface area contributed by atoms with Gasteiger partial charge in [-0.1, -0.05) is 29.8 Å². The van der Waals surface area contributed by atoms with Crippen LogP contribution in [0.15, 0.2) is 63.7 Å². The molecule has 0 saturated carbocycles. The molecule has 8 heteroatoms. The lowest BCUT2D eigenvalue weighted by Crippen LogP contribution is -2.24. The summed E-state index contributed by atoms with van der Waals surface area (Å²) in [6.07, 6.45) is 0.704. The van der Waals surface area contributed by atoms with Gasteiger partial charge in [-0.05, 0) is 37.6 Å². The van der Waals surface area contributed by atoms with Crippen molar-refractivity contribution in [1.82, 2.24) is 4.90 Å². The van der Waals surface area contributed by atoms with Crippen molar-refractivity contribution < 1.29 is 13.5 Å². The average molecular weight is 410 g/mol. The highest BCUT2D eigenvalue weighted by molar-refractivity contribution is 7.92. The van der Waals surface area contributed by atoms with Crippen molar-refractivity contribution in [2.24, 2.45) is 9.98 Å². The second-order valence-electron chi connectivity index (χ2n) is 7.31. The summed E-state index contributed by atoms with van der Waals surface area (Å²) in [6, 6.07) is 12.6. The highest BCUT2D eigenvalue weighted by Crippen LogP contribution is 2.37. The van der Waals surface area contributed by atoms with Crippen molar-refractivity contribution in [3.8, 4) is 5.75 Å². The van der Waals surface area contributed by atoms with E-state index in [2.05, 4.69) is 4.72 Å². The summed E-state index contributed by atoms with van der Waals surface area (Å²) in [7, 11) is -1.52. The standard InChI is InChI=1S/C21H22N4O3S/c1-12-9-10-17(26)15(11-12)21-23-20-19(25(21)3)13(2)18(22-20)14-7-5-6-8-16(14)24-29(4,27)28/h5-11,20,24,26H,1-4H3. The Kier molecular flexibility index (Phi) is 4.46. The molecule has 0 aliphatic carbocycles. The molecule has 2 aromatic carbocycles. The van der Waals surface area contributed by atoms with E-state index in [1.807, 2.05) is 50.1 Å². The van der Waals surface area contributed by atoms with Crippen LogP contribution in [0.1, 0.15) is 23.6 Å². The summed E-state index contributed by atoms with van der Waals surface area (Å²) in [5.41, 5.74) is 5.44. The summed E-state index contributed by atoms with van der Waals surface area (Å²) in [6.45, 7) is 3.92. The number of aliphatic imine (C=N–C) groups is 2. The highest BCUT2D eigenvalue weighted by atomic mass is 32.2. The van der Waals surface area contributed by atoms with Gasteiger partial charge < -0.3 is 10.0 Å². The molecule has 0 radical (unpaired) electrons. The predicted molar refractivity (Wildman–Crippen MR) is 115 cm³/mol. The van der Waals surface area contributed by atoms with Crippen LogP contribution in [0, 0.1) is 6.92 Å². The number of benzene rings is 2. The Morgan fingerprint density at radius 1 is 1.07 bits per heavy atom. The van der Waals surface area contributed by atoms with Crippen molar-refractivity contribution in [3.63, 3.8) is 0 Å². The molecule has 7 nitrogen and oxygen atoms in total. The van der Waals surface area contributed by atoms with Gasteiger partial charge in [0.05, 0.1) is 28.9 Å². The number of amidine groups is 1. The van der Waals surface area contributed by atoms with Gasteiger partial charge in [0.15, 0.2) is 6.17 Å². The summed E-state index contributed by atoms with van der Waals surface area (Å²) in [4.78, 5) is 11.4. The molecule has 29 heavy (non-hydrogen) atoms. The monoisotopic (exact) mass is 410 g/mol. The lowest BCUT2D eigenvalue weighted by Gasteiger charge is -2.19. The number of nitrogens with one attached hydrogen (secondary N) is 1. The number of phenolic OH excluding ortho intramolecular Hbond substituents is 1. The maximum absolute atomic E-state index is 11.7. The number of allylic oxidation sites excluding steroid dienone is 1. The van der Waals surface area contributed by atoms with E-state index in [0.717, 1.165) is 23.1 Å². The number of likely N-dealkylation sites (N-methyl/N-ethyl adjacent to an activating group) is 1. The van der Waals surface area contributed by atoms with Crippen LogP contribution in [-0.2, 0) is 10.0 Å². The Hall–Kier alpha value is -3.13. The topological polar surface area (TPSA) is 94.4 Å². The quantitative estimate of drug-likeness (QED) is 0.810. The van der Waals surface area contributed by atoms with E-state index in [9.17, 15) is 13.5 Å². The first-order valence-corrected chi connectivity index (χ1v) is 11.0. The van der Waals surface area contributed by atoms with Crippen LogP contribution >= 0.6 is 0 Å². The fourth-order valence-electron chi connectivity index (χ4n) is 3.76. The number of rotatable bonds is 4. The number of hydrogen-bond donors (Lipinski definition) is 2. The number of aromatic hydroxyl groups is 1. The summed E-state index contributed by atoms with van der Waals surface area (Å²) < 4.78 is 26.0. The molecule has 0 fully saturated rings. The molecule has 2 N–H and O–H groups in total. The minimum Gasteiger partial charge on any atom is -0.507 e. The second-order valence-corrected chi connectivity index (χ2v) is 9.06. The average Bonchev–Trinajstić information content (AvgIpc) is 3.13.